The Hall–Kier alpha value is -3.40. The first-order chi connectivity index (χ1) is 17.2. The van der Waals surface area contributed by atoms with Crippen LogP contribution in [0.1, 0.15) is 0 Å². The average Bonchev–Trinajstić information content (AvgIpc) is 3.33. The minimum Gasteiger partial charge on any atom is -0.378 e. The number of hydrogen-bond donors (Lipinski definition) is 1. The van der Waals surface area contributed by atoms with Crippen LogP contribution in [-0.4, -0.2) is 57.7 Å². The van der Waals surface area contributed by atoms with Crippen LogP contribution in [0.4, 0.5) is 11.4 Å². The van der Waals surface area contributed by atoms with Crippen molar-refractivity contribution >= 4 is 40.6 Å². The van der Waals surface area contributed by atoms with Gasteiger partial charge in [-0.3, -0.25) is 14.3 Å². The molecule has 0 aliphatic carbocycles. The number of benzene rings is 2. The highest BCUT2D eigenvalue weighted by Crippen LogP contribution is 2.31. The first kappa shape index (κ1) is 23.3. The summed E-state index contributed by atoms with van der Waals surface area (Å²) >= 11 is 7.56. The first-order valence-electron chi connectivity index (χ1n) is 11.2. The third-order valence-electron chi connectivity index (χ3n) is 5.48. The zero-order chi connectivity index (χ0) is 24.0. The van der Waals surface area contributed by atoms with Crippen molar-refractivity contribution in [1.29, 1.82) is 0 Å². The number of thioether (sulfide) groups is 1. The van der Waals surface area contributed by atoms with Crippen molar-refractivity contribution in [2.45, 2.75) is 5.16 Å². The lowest BCUT2D eigenvalue weighted by molar-refractivity contribution is -0.113. The van der Waals surface area contributed by atoms with Crippen molar-refractivity contribution in [3.63, 3.8) is 0 Å². The van der Waals surface area contributed by atoms with E-state index in [4.69, 9.17) is 16.3 Å². The summed E-state index contributed by atoms with van der Waals surface area (Å²) in [4.78, 5) is 19.4. The highest BCUT2D eigenvalue weighted by molar-refractivity contribution is 7.99. The smallest absolute Gasteiger partial charge is 0.234 e. The minimum atomic E-state index is -0.155. The molecule has 8 nitrogen and oxygen atoms in total. The number of anilines is 2. The van der Waals surface area contributed by atoms with Gasteiger partial charge >= 0.3 is 0 Å². The van der Waals surface area contributed by atoms with Gasteiger partial charge < -0.3 is 15.0 Å². The lowest BCUT2D eigenvalue weighted by Crippen LogP contribution is -2.36. The van der Waals surface area contributed by atoms with Gasteiger partial charge in [0, 0.05) is 41.8 Å². The third kappa shape index (κ3) is 5.48. The van der Waals surface area contributed by atoms with E-state index in [2.05, 4.69) is 25.4 Å². The van der Waals surface area contributed by atoms with E-state index in [0.717, 1.165) is 30.0 Å². The Balaban J connectivity index is 1.36. The quantitative estimate of drug-likeness (QED) is 0.368. The highest BCUT2D eigenvalue weighted by Gasteiger charge is 2.19. The maximum Gasteiger partial charge on any atom is 0.234 e. The van der Waals surface area contributed by atoms with E-state index in [1.165, 1.54) is 11.8 Å². The van der Waals surface area contributed by atoms with Crippen LogP contribution in [0.2, 0.25) is 5.02 Å². The maximum absolute atomic E-state index is 13.0. The van der Waals surface area contributed by atoms with Gasteiger partial charge in [0.25, 0.3) is 0 Å². The van der Waals surface area contributed by atoms with E-state index in [0.29, 0.717) is 34.9 Å². The summed E-state index contributed by atoms with van der Waals surface area (Å²) in [5, 5.41) is 13.0. The molecule has 2 aromatic heterocycles. The molecule has 35 heavy (non-hydrogen) atoms. The number of amides is 1. The summed E-state index contributed by atoms with van der Waals surface area (Å²) in [7, 11) is 0. The van der Waals surface area contributed by atoms with Crippen LogP contribution in [0.15, 0.2) is 78.2 Å². The Kier molecular flexibility index (Phi) is 7.27. The number of pyridine rings is 1. The number of rotatable bonds is 7. The van der Waals surface area contributed by atoms with Crippen LogP contribution in [0, 0.1) is 0 Å². The topological polar surface area (TPSA) is 85.2 Å². The summed E-state index contributed by atoms with van der Waals surface area (Å²) in [6, 6.07) is 19.2. The Bertz CT molecular complexity index is 1300. The number of para-hydroxylation sites is 1. The average molecular weight is 507 g/mol. The normalized spacial score (nSPS) is 13.6. The summed E-state index contributed by atoms with van der Waals surface area (Å²) in [6.07, 6.45) is 3.46. The van der Waals surface area contributed by atoms with Crippen LogP contribution in [0.3, 0.4) is 0 Å². The molecule has 178 valence electrons. The minimum absolute atomic E-state index is 0.155. The van der Waals surface area contributed by atoms with Crippen LogP contribution in [-0.2, 0) is 9.53 Å². The van der Waals surface area contributed by atoms with E-state index in [1.54, 1.807) is 18.5 Å². The number of carbonyl (C=O) groups excluding carboxylic acids is 1. The predicted molar refractivity (Wildman–Crippen MR) is 138 cm³/mol. The third-order valence-corrected chi connectivity index (χ3v) is 6.65. The summed E-state index contributed by atoms with van der Waals surface area (Å²) in [5.74, 6) is 0.668. The predicted octanol–water partition coefficient (Wildman–Crippen LogP) is 4.55. The number of nitrogens with zero attached hydrogens (tertiary/aromatic N) is 5. The lowest BCUT2D eigenvalue weighted by atomic mass is 10.2. The van der Waals surface area contributed by atoms with Crippen LogP contribution < -0.4 is 10.2 Å². The van der Waals surface area contributed by atoms with Gasteiger partial charge in [0.05, 0.1) is 30.3 Å². The summed E-state index contributed by atoms with van der Waals surface area (Å²) in [5.41, 5.74) is 3.37. The summed E-state index contributed by atoms with van der Waals surface area (Å²) in [6.45, 7) is 2.83. The van der Waals surface area contributed by atoms with Crippen molar-refractivity contribution in [2.24, 2.45) is 0 Å². The van der Waals surface area contributed by atoms with Crippen molar-refractivity contribution in [2.75, 3.05) is 42.3 Å². The first-order valence-corrected chi connectivity index (χ1v) is 12.5. The van der Waals surface area contributed by atoms with Gasteiger partial charge in [0.15, 0.2) is 11.0 Å². The van der Waals surface area contributed by atoms with Crippen molar-refractivity contribution < 1.29 is 9.53 Å². The fraction of sp³-hybridized carbons (Fsp3) is 0.200. The molecule has 1 aliphatic heterocycles. The molecular weight excluding hydrogens is 484 g/mol. The van der Waals surface area contributed by atoms with E-state index < -0.39 is 0 Å². The van der Waals surface area contributed by atoms with Gasteiger partial charge in [-0.15, -0.1) is 10.2 Å². The number of halogens is 1. The van der Waals surface area contributed by atoms with Crippen molar-refractivity contribution in [3.05, 3.63) is 78.1 Å². The molecule has 0 unspecified atom stereocenters. The van der Waals surface area contributed by atoms with E-state index in [1.807, 2.05) is 59.2 Å². The van der Waals surface area contributed by atoms with E-state index in [-0.39, 0.29) is 11.7 Å². The molecule has 5 rings (SSSR count). The molecule has 10 heteroatoms. The second kappa shape index (κ2) is 10.9. The number of ether oxygens (including phenoxy) is 1. The molecule has 4 aromatic rings. The molecule has 0 saturated carbocycles. The Labute approximate surface area is 212 Å². The molecule has 1 saturated heterocycles. The number of carbonyl (C=O) groups is 1. The van der Waals surface area contributed by atoms with Gasteiger partial charge in [-0.05, 0) is 42.5 Å². The number of nitrogens with one attached hydrogen (secondary N) is 1. The summed E-state index contributed by atoms with van der Waals surface area (Å²) < 4.78 is 7.40. The second-order valence-electron chi connectivity index (χ2n) is 7.82. The molecule has 1 fully saturated rings. The second-order valence-corrected chi connectivity index (χ2v) is 9.20. The van der Waals surface area contributed by atoms with E-state index >= 15 is 0 Å². The fourth-order valence-corrected chi connectivity index (χ4v) is 4.78. The van der Waals surface area contributed by atoms with Crippen LogP contribution in [0.5, 0.6) is 0 Å². The standard InChI is InChI=1S/C25H23ClN6O2S/c26-19-8-9-22(31-11-13-34-14-12-31)21(15-19)28-23(33)17-35-25-30-29-24(18-5-4-10-27-16-18)32(25)20-6-2-1-3-7-20/h1-10,15-16H,11-14,17H2,(H,28,33). The molecule has 2 aromatic carbocycles. The number of hydrogen-bond acceptors (Lipinski definition) is 7. The largest absolute Gasteiger partial charge is 0.378 e. The zero-order valence-electron chi connectivity index (χ0n) is 18.8. The molecule has 0 radical (unpaired) electrons. The molecule has 1 amide bonds. The molecule has 0 bridgehead atoms. The fourth-order valence-electron chi connectivity index (χ4n) is 3.86. The maximum atomic E-state index is 13.0. The highest BCUT2D eigenvalue weighted by atomic mass is 35.5. The zero-order valence-corrected chi connectivity index (χ0v) is 20.4. The Morgan fingerprint density at radius 1 is 1.06 bits per heavy atom. The van der Waals surface area contributed by atoms with Gasteiger partial charge in [-0.2, -0.15) is 0 Å². The molecular formula is C25H23ClN6O2S. The molecule has 1 N–H and O–H groups in total. The Morgan fingerprint density at radius 2 is 1.89 bits per heavy atom. The Morgan fingerprint density at radius 3 is 2.66 bits per heavy atom. The van der Waals surface area contributed by atoms with Gasteiger partial charge in [-0.1, -0.05) is 41.6 Å². The van der Waals surface area contributed by atoms with Crippen molar-refractivity contribution in [1.82, 2.24) is 19.7 Å². The lowest BCUT2D eigenvalue weighted by Gasteiger charge is -2.30. The van der Waals surface area contributed by atoms with Gasteiger partial charge in [0.2, 0.25) is 5.91 Å². The molecule has 3 heterocycles. The molecule has 1 aliphatic rings. The van der Waals surface area contributed by atoms with Crippen LogP contribution in [0.25, 0.3) is 17.1 Å². The van der Waals surface area contributed by atoms with Crippen molar-refractivity contribution in [3.8, 4) is 17.1 Å². The van der Waals surface area contributed by atoms with E-state index in [9.17, 15) is 4.79 Å². The number of aromatic nitrogens is 4. The van der Waals surface area contributed by atoms with Gasteiger partial charge in [0.1, 0.15) is 0 Å². The van der Waals surface area contributed by atoms with Gasteiger partial charge in [-0.25, -0.2) is 0 Å². The molecule has 0 spiro atoms. The SMILES string of the molecule is O=C(CSc1nnc(-c2cccnc2)n1-c1ccccc1)Nc1cc(Cl)ccc1N1CCOCC1. The monoisotopic (exact) mass is 506 g/mol. The molecule has 0 atom stereocenters. The number of morpholine rings is 1. The van der Waals surface area contributed by atoms with Crippen LogP contribution >= 0.6 is 23.4 Å².